The molecule has 0 spiro atoms. The molecule has 0 aliphatic carbocycles. The Bertz CT molecular complexity index is 582. The maximum absolute atomic E-state index is 4.64. The lowest BCUT2D eigenvalue weighted by Gasteiger charge is -2.08. The molecule has 0 saturated heterocycles. The van der Waals surface area contributed by atoms with E-state index >= 15 is 0 Å². The zero-order chi connectivity index (χ0) is 13.8. The molecule has 19 heavy (non-hydrogen) atoms. The molecular weight excluding hydrogens is 234 g/mol. The summed E-state index contributed by atoms with van der Waals surface area (Å²) in [4.78, 5) is 0. The first-order valence-corrected chi connectivity index (χ1v) is 6.55. The van der Waals surface area contributed by atoms with E-state index in [0.717, 1.165) is 18.8 Å². The Morgan fingerprint density at radius 1 is 1.32 bits per heavy atom. The lowest BCUT2D eigenvalue weighted by atomic mass is 10.1. The average molecular weight is 255 g/mol. The van der Waals surface area contributed by atoms with E-state index in [4.69, 9.17) is 0 Å². The third-order valence-corrected chi connectivity index (χ3v) is 3.48. The molecule has 3 heteroatoms. The van der Waals surface area contributed by atoms with Gasteiger partial charge in [-0.25, -0.2) is 0 Å². The Kier molecular flexibility index (Phi) is 4.17. The average Bonchev–Trinajstić information content (AvgIpc) is 2.67. The Balaban J connectivity index is 2.33. The number of rotatable bonds is 5. The predicted octanol–water partition coefficient (Wildman–Crippen LogP) is 2.91. The van der Waals surface area contributed by atoms with Crippen LogP contribution in [0.3, 0.4) is 0 Å². The highest BCUT2D eigenvalue weighted by molar-refractivity contribution is 5.51. The topological polar surface area (TPSA) is 29.9 Å². The van der Waals surface area contributed by atoms with Gasteiger partial charge in [0.1, 0.15) is 0 Å². The molecule has 1 heterocycles. The molecule has 1 aromatic heterocycles. The zero-order valence-electron chi connectivity index (χ0n) is 11.9. The number of hydrogen-bond donors (Lipinski definition) is 1. The standard InChI is InChI=1S/C16H21N3/c1-5-14-8-6-7-9-15(14)11-19-13(3)16(10-17-4)12(2)18-19/h5-9,17H,1,10-11H2,2-4H3. The number of nitrogens with zero attached hydrogens (tertiary/aromatic N) is 2. The van der Waals surface area contributed by atoms with Gasteiger partial charge in [0.05, 0.1) is 12.2 Å². The van der Waals surface area contributed by atoms with Crippen LogP contribution < -0.4 is 5.32 Å². The van der Waals surface area contributed by atoms with Gasteiger partial charge in [0.25, 0.3) is 0 Å². The van der Waals surface area contributed by atoms with E-state index in [9.17, 15) is 0 Å². The molecule has 0 fully saturated rings. The monoisotopic (exact) mass is 255 g/mol. The first-order valence-electron chi connectivity index (χ1n) is 6.55. The van der Waals surface area contributed by atoms with Crippen molar-refractivity contribution in [2.24, 2.45) is 0 Å². The van der Waals surface area contributed by atoms with Crippen LogP contribution in [0.1, 0.15) is 28.1 Å². The van der Waals surface area contributed by atoms with Gasteiger partial charge in [0.15, 0.2) is 0 Å². The smallest absolute Gasteiger partial charge is 0.0668 e. The molecule has 0 atom stereocenters. The number of nitrogens with one attached hydrogen (secondary N) is 1. The summed E-state index contributed by atoms with van der Waals surface area (Å²) in [6.07, 6.45) is 1.90. The quantitative estimate of drug-likeness (QED) is 0.890. The van der Waals surface area contributed by atoms with Gasteiger partial charge in [0.2, 0.25) is 0 Å². The van der Waals surface area contributed by atoms with E-state index in [1.807, 2.05) is 19.2 Å². The highest BCUT2D eigenvalue weighted by Crippen LogP contribution is 2.17. The molecule has 0 bridgehead atoms. The molecule has 100 valence electrons. The van der Waals surface area contributed by atoms with Crippen molar-refractivity contribution in [2.75, 3.05) is 7.05 Å². The Labute approximate surface area is 115 Å². The van der Waals surface area contributed by atoms with E-state index in [1.165, 1.54) is 22.4 Å². The Morgan fingerprint density at radius 3 is 2.74 bits per heavy atom. The van der Waals surface area contributed by atoms with Crippen LogP contribution in [0.25, 0.3) is 6.08 Å². The fourth-order valence-electron chi connectivity index (χ4n) is 2.36. The van der Waals surface area contributed by atoms with Crippen LogP contribution in [-0.4, -0.2) is 16.8 Å². The minimum atomic E-state index is 0.790. The van der Waals surface area contributed by atoms with E-state index in [1.54, 1.807) is 0 Å². The van der Waals surface area contributed by atoms with Gasteiger partial charge in [-0.05, 0) is 32.0 Å². The molecule has 0 saturated carbocycles. The first kappa shape index (κ1) is 13.6. The van der Waals surface area contributed by atoms with Crippen molar-refractivity contribution in [2.45, 2.75) is 26.9 Å². The van der Waals surface area contributed by atoms with Crippen molar-refractivity contribution < 1.29 is 0 Å². The molecule has 1 N–H and O–H groups in total. The van der Waals surface area contributed by atoms with E-state index in [-0.39, 0.29) is 0 Å². The molecule has 0 amide bonds. The number of aromatic nitrogens is 2. The van der Waals surface area contributed by atoms with Gasteiger partial charge in [-0.3, -0.25) is 4.68 Å². The van der Waals surface area contributed by atoms with Crippen molar-refractivity contribution in [1.82, 2.24) is 15.1 Å². The van der Waals surface area contributed by atoms with E-state index < -0.39 is 0 Å². The summed E-state index contributed by atoms with van der Waals surface area (Å²) in [6.45, 7) is 9.71. The number of benzene rings is 1. The first-order chi connectivity index (χ1) is 9.17. The summed E-state index contributed by atoms with van der Waals surface area (Å²) in [5.74, 6) is 0. The van der Waals surface area contributed by atoms with Gasteiger partial charge >= 0.3 is 0 Å². The highest BCUT2D eigenvalue weighted by atomic mass is 15.3. The fourth-order valence-corrected chi connectivity index (χ4v) is 2.36. The van der Waals surface area contributed by atoms with Gasteiger partial charge in [-0.1, -0.05) is 36.9 Å². The molecule has 2 aromatic rings. The van der Waals surface area contributed by atoms with Crippen molar-refractivity contribution in [1.29, 1.82) is 0 Å². The second-order valence-electron chi connectivity index (χ2n) is 4.74. The normalized spacial score (nSPS) is 10.7. The zero-order valence-corrected chi connectivity index (χ0v) is 11.9. The summed E-state index contributed by atoms with van der Waals surface area (Å²) < 4.78 is 2.07. The molecule has 0 radical (unpaired) electrons. The number of hydrogen-bond acceptors (Lipinski definition) is 2. The van der Waals surface area contributed by atoms with Crippen LogP contribution in [0.5, 0.6) is 0 Å². The van der Waals surface area contributed by atoms with Crippen molar-refractivity contribution in [3.05, 3.63) is 58.9 Å². The second-order valence-corrected chi connectivity index (χ2v) is 4.74. The summed E-state index contributed by atoms with van der Waals surface area (Å²) in [6, 6.07) is 8.31. The molecule has 0 unspecified atom stereocenters. The van der Waals surface area contributed by atoms with Crippen LogP contribution >= 0.6 is 0 Å². The maximum atomic E-state index is 4.64. The van der Waals surface area contributed by atoms with Crippen LogP contribution in [0.4, 0.5) is 0 Å². The van der Waals surface area contributed by atoms with Gasteiger partial charge in [-0.15, -0.1) is 0 Å². The Morgan fingerprint density at radius 2 is 2.05 bits per heavy atom. The van der Waals surface area contributed by atoms with Crippen LogP contribution in [0, 0.1) is 13.8 Å². The summed E-state index contributed by atoms with van der Waals surface area (Å²) in [5.41, 5.74) is 6.04. The summed E-state index contributed by atoms with van der Waals surface area (Å²) >= 11 is 0. The molecular formula is C16H21N3. The fraction of sp³-hybridized carbons (Fsp3) is 0.312. The molecule has 1 aromatic carbocycles. The third kappa shape index (κ3) is 2.76. The molecule has 0 aliphatic rings. The minimum Gasteiger partial charge on any atom is -0.316 e. The lowest BCUT2D eigenvalue weighted by Crippen LogP contribution is -2.08. The third-order valence-electron chi connectivity index (χ3n) is 3.48. The molecule has 2 rings (SSSR count). The SMILES string of the molecule is C=Cc1ccccc1Cn1nc(C)c(CNC)c1C. The maximum Gasteiger partial charge on any atom is 0.0668 e. The van der Waals surface area contributed by atoms with Crippen LogP contribution in [0.2, 0.25) is 0 Å². The van der Waals surface area contributed by atoms with E-state index in [2.05, 4.69) is 53.7 Å². The highest BCUT2D eigenvalue weighted by Gasteiger charge is 2.11. The summed E-state index contributed by atoms with van der Waals surface area (Å²) in [5, 5.41) is 7.84. The minimum absolute atomic E-state index is 0.790. The largest absolute Gasteiger partial charge is 0.316 e. The summed E-state index contributed by atoms with van der Waals surface area (Å²) in [7, 11) is 1.96. The van der Waals surface area contributed by atoms with Crippen molar-refractivity contribution >= 4 is 6.08 Å². The molecule has 0 aliphatic heterocycles. The van der Waals surface area contributed by atoms with Crippen LogP contribution in [-0.2, 0) is 13.1 Å². The van der Waals surface area contributed by atoms with Crippen molar-refractivity contribution in [3.8, 4) is 0 Å². The van der Waals surface area contributed by atoms with Gasteiger partial charge in [0, 0.05) is 17.8 Å². The van der Waals surface area contributed by atoms with Gasteiger partial charge < -0.3 is 5.32 Å². The second kappa shape index (κ2) is 5.85. The Hall–Kier alpha value is -1.87. The predicted molar refractivity (Wildman–Crippen MR) is 80.1 cm³/mol. The van der Waals surface area contributed by atoms with Crippen LogP contribution in [0.15, 0.2) is 30.8 Å². The van der Waals surface area contributed by atoms with Gasteiger partial charge in [-0.2, -0.15) is 5.10 Å². The molecule has 3 nitrogen and oxygen atoms in total. The lowest BCUT2D eigenvalue weighted by molar-refractivity contribution is 0.656. The van der Waals surface area contributed by atoms with Crippen molar-refractivity contribution in [3.63, 3.8) is 0 Å². The van der Waals surface area contributed by atoms with E-state index in [0.29, 0.717) is 0 Å². The number of aryl methyl sites for hydroxylation is 1.